The molecule has 1 aliphatic rings. The van der Waals surface area contributed by atoms with Crippen LogP contribution in [0.15, 0.2) is 12.1 Å². The van der Waals surface area contributed by atoms with Crippen molar-refractivity contribution in [3.05, 3.63) is 23.3 Å². The third-order valence-corrected chi connectivity index (χ3v) is 4.33. The predicted octanol–water partition coefficient (Wildman–Crippen LogP) is 1.96. The molecule has 0 bridgehead atoms. The summed E-state index contributed by atoms with van der Waals surface area (Å²) in [7, 11) is 0. The summed E-state index contributed by atoms with van der Waals surface area (Å²) in [5, 5.41) is 12.2. The molecule has 2 atom stereocenters. The van der Waals surface area contributed by atoms with Crippen molar-refractivity contribution in [3.8, 4) is 11.4 Å². The number of nitrogens with zero attached hydrogens (tertiary/aromatic N) is 4. The number of hydrogen-bond donors (Lipinski definition) is 1. The average molecular weight is 287 g/mol. The van der Waals surface area contributed by atoms with Gasteiger partial charge in [-0.3, -0.25) is 0 Å². The molecule has 2 heterocycles. The molecule has 0 amide bonds. The molecule has 3 rings (SSSR count). The molecule has 0 aliphatic carbocycles. The highest BCUT2D eigenvalue weighted by atomic mass is 16.5. The summed E-state index contributed by atoms with van der Waals surface area (Å²) in [5.74, 6) is 1.23. The maximum absolute atomic E-state index is 6.03. The molecule has 0 saturated carbocycles. The van der Waals surface area contributed by atoms with Gasteiger partial charge in [0.05, 0.1) is 12.6 Å². The van der Waals surface area contributed by atoms with Crippen molar-refractivity contribution in [2.24, 2.45) is 5.92 Å². The molecule has 0 spiro atoms. The van der Waals surface area contributed by atoms with E-state index in [0.29, 0.717) is 5.92 Å². The van der Waals surface area contributed by atoms with Gasteiger partial charge in [0, 0.05) is 23.8 Å². The number of rotatable bonds is 3. The molecule has 1 aromatic carbocycles. The molecular formula is C15H21N5O. The number of hydrogen-bond acceptors (Lipinski definition) is 5. The molecule has 6 nitrogen and oxygen atoms in total. The van der Waals surface area contributed by atoms with Gasteiger partial charge in [-0.05, 0) is 54.8 Å². The summed E-state index contributed by atoms with van der Waals surface area (Å²) in [6.45, 7) is 7.77. The standard InChI is InChI=1S/C15H21N5O/c1-9-6-10(2)14(16)7-13(9)15-17-18-19-20(15)8-12-4-5-21-11(12)3/h6-7,11-12H,4-5,8,16H2,1-3H3. The quantitative estimate of drug-likeness (QED) is 0.873. The fourth-order valence-electron chi connectivity index (χ4n) is 2.87. The van der Waals surface area contributed by atoms with Crippen LogP contribution in [0.5, 0.6) is 0 Å². The van der Waals surface area contributed by atoms with E-state index < -0.39 is 0 Å². The van der Waals surface area contributed by atoms with Crippen molar-refractivity contribution in [1.82, 2.24) is 20.2 Å². The molecule has 1 aliphatic heterocycles. The largest absolute Gasteiger partial charge is 0.398 e. The lowest BCUT2D eigenvalue weighted by Gasteiger charge is -2.15. The molecule has 1 aromatic heterocycles. The first-order valence-electron chi connectivity index (χ1n) is 7.31. The van der Waals surface area contributed by atoms with Crippen LogP contribution < -0.4 is 5.73 Å². The highest BCUT2D eigenvalue weighted by Gasteiger charge is 2.26. The van der Waals surface area contributed by atoms with Crippen LogP contribution in [0, 0.1) is 19.8 Å². The maximum atomic E-state index is 6.03. The Labute approximate surface area is 124 Å². The molecule has 21 heavy (non-hydrogen) atoms. The summed E-state index contributed by atoms with van der Waals surface area (Å²) in [5.41, 5.74) is 10.0. The maximum Gasteiger partial charge on any atom is 0.182 e. The molecular weight excluding hydrogens is 266 g/mol. The zero-order valence-electron chi connectivity index (χ0n) is 12.7. The summed E-state index contributed by atoms with van der Waals surface area (Å²) in [4.78, 5) is 0. The van der Waals surface area contributed by atoms with E-state index in [4.69, 9.17) is 10.5 Å². The monoisotopic (exact) mass is 287 g/mol. The molecule has 2 N–H and O–H groups in total. The van der Waals surface area contributed by atoms with Crippen LogP contribution in [0.25, 0.3) is 11.4 Å². The Kier molecular flexibility index (Phi) is 3.63. The van der Waals surface area contributed by atoms with Crippen molar-refractivity contribution >= 4 is 5.69 Å². The molecule has 0 radical (unpaired) electrons. The van der Waals surface area contributed by atoms with E-state index in [0.717, 1.165) is 47.8 Å². The molecule has 2 unspecified atom stereocenters. The molecule has 6 heteroatoms. The molecule has 112 valence electrons. The zero-order chi connectivity index (χ0) is 15.0. The average Bonchev–Trinajstić information content (AvgIpc) is 3.05. The van der Waals surface area contributed by atoms with Crippen LogP contribution in [0.2, 0.25) is 0 Å². The Morgan fingerprint density at radius 3 is 2.86 bits per heavy atom. The fourth-order valence-corrected chi connectivity index (χ4v) is 2.87. The summed E-state index contributed by atoms with van der Waals surface area (Å²) < 4.78 is 7.48. The van der Waals surface area contributed by atoms with Gasteiger partial charge in [0.15, 0.2) is 5.82 Å². The van der Waals surface area contributed by atoms with Crippen molar-refractivity contribution < 1.29 is 4.74 Å². The Morgan fingerprint density at radius 1 is 1.33 bits per heavy atom. The van der Waals surface area contributed by atoms with Crippen LogP contribution in [0.3, 0.4) is 0 Å². The van der Waals surface area contributed by atoms with E-state index in [2.05, 4.69) is 35.4 Å². The lowest BCUT2D eigenvalue weighted by Crippen LogP contribution is -2.19. The Balaban J connectivity index is 1.93. The highest BCUT2D eigenvalue weighted by Crippen LogP contribution is 2.28. The van der Waals surface area contributed by atoms with Gasteiger partial charge in [-0.25, -0.2) is 4.68 Å². The highest BCUT2D eigenvalue weighted by molar-refractivity contribution is 5.67. The van der Waals surface area contributed by atoms with Crippen LogP contribution in [-0.2, 0) is 11.3 Å². The second-order valence-electron chi connectivity index (χ2n) is 5.83. The van der Waals surface area contributed by atoms with Crippen LogP contribution >= 0.6 is 0 Å². The van der Waals surface area contributed by atoms with E-state index in [-0.39, 0.29) is 6.10 Å². The number of tetrazole rings is 1. The molecule has 1 fully saturated rings. The Hall–Kier alpha value is -1.95. The normalized spacial score (nSPS) is 21.9. The Bertz CT molecular complexity index is 652. The van der Waals surface area contributed by atoms with Crippen LogP contribution in [-0.4, -0.2) is 32.9 Å². The minimum absolute atomic E-state index is 0.256. The number of nitrogens with two attached hydrogens (primary N) is 1. The van der Waals surface area contributed by atoms with Gasteiger partial charge in [0.2, 0.25) is 0 Å². The van der Waals surface area contributed by atoms with Crippen molar-refractivity contribution in [1.29, 1.82) is 0 Å². The van der Waals surface area contributed by atoms with E-state index in [1.54, 1.807) is 0 Å². The predicted molar refractivity (Wildman–Crippen MR) is 80.7 cm³/mol. The van der Waals surface area contributed by atoms with Gasteiger partial charge in [0.25, 0.3) is 0 Å². The second-order valence-corrected chi connectivity index (χ2v) is 5.83. The van der Waals surface area contributed by atoms with Gasteiger partial charge < -0.3 is 10.5 Å². The van der Waals surface area contributed by atoms with Crippen molar-refractivity contribution in [2.75, 3.05) is 12.3 Å². The minimum Gasteiger partial charge on any atom is -0.398 e. The van der Waals surface area contributed by atoms with E-state index >= 15 is 0 Å². The third kappa shape index (κ3) is 2.63. The van der Waals surface area contributed by atoms with E-state index in [1.807, 2.05) is 17.7 Å². The van der Waals surface area contributed by atoms with Gasteiger partial charge >= 0.3 is 0 Å². The SMILES string of the molecule is Cc1cc(C)c(-c2nnnn2CC2CCOC2C)cc1N. The summed E-state index contributed by atoms with van der Waals surface area (Å²) in [6.07, 6.45) is 1.31. The number of aryl methyl sites for hydroxylation is 2. The number of ether oxygens (including phenoxy) is 1. The first kappa shape index (κ1) is 14.0. The number of anilines is 1. The first-order valence-corrected chi connectivity index (χ1v) is 7.31. The van der Waals surface area contributed by atoms with Crippen LogP contribution in [0.1, 0.15) is 24.5 Å². The number of aromatic nitrogens is 4. The molecule has 2 aromatic rings. The van der Waals surface area contributed by atoms with E-state index in [1.165, 1.54) is 0 Å². The smallest absolute Gasteiger partial charge is 0.182 e. The van der Waals surface area contributed by atoms with Gasteiger partial charge in [-0.15, -0.1) is 5.10 Å². The lowest BCUT2D eigenvalue weighted by atomic mass is 10.0. The van der Waals surface area contributed by atoms with Gasteiger partial charge in [0.1, 0.15) is 0 Å². The van der Waals surface area contributed by atoms with Crippen molar-refractivity contribution in [3.63, 3.8) is 0 Å². The molecule has 1 saturated heterocycles. The van der Waals surface area contributed by atoms with Gasteiger partial charge in [-0.2, -0.15) is 0 Å². The first-order chi connectivity index (χ1) is 10.1. The Morgan fingerprint density at radius 2 is 2.14 bits per heavy atom. The van der Waals surface area contributed by atoms with Crippen LogP contribution in [0.4, 0.5) is 5.69 Å². The zero-order valence-corrected chi connectivity index (χ0v) is 12.7. The van der Waals surface area contributed by atoms with Crippen molar-refractivity contribution in [2.45, 2.75) is 39.8 Å². The topological polar surface area (TPSA) is 78.8 Å². The minimum atomic E-state index is 0.256. The number of benzene rings is 1. The second kappa shape index (κ2) is 5.44. The third-order valence-electron chi connectivity index (χ3n) is 4.33. The number of nitrogen functional groups attached to an aromatic ring is 1. The fraction of sp³-hybridized carbons (Fsp3) is 0.533. The van der Waals surface area contributed by atoms with E-state index in [9.17, 15) is 0 Å². The summed E-state index contributed by atoms with van der Waals surface area (Å²) in [6, 6.07) is 4.03. The van der Waals surface area contributed by atoms with Gasteiger partial charge in [-0.1, -0.05) is 6.07 Å². The summed E-state index contributed by atoms with van der Waals surface area (Å²) >= 11 is 0. The lowest BCUT2D eigenvalue weighted by molar-refractivity contribution is 0.101.